The van der Waals surface area contributed by atoms with Gasteiger partial charge in [-0.2, -0.15) is 11.3 Å². The molecule has 4 rings (SSSR count). The van der Waals surface area contributed by atoms with E-state index in [2.05, 4.69) is 22.1 Å². The number of para-hydroxylation sites is 1. The van der Waals surface area contributed by atoms with E-state index in [-0.39, 0.29) is 11.7 Å². The van der Waals surface area contributed by atoms with Crippen LogP contribution in [0.3, 0.4) is 0 Å². The monoisotopic (exact) mass is 444 g/mol. The number of benzene rings is 2. The van der Waals surface area contributed by atoms with Crippen LogP contribution < -0.4 is 9.62 Å². The van der Waals surface area contributed by atoms with Crippen molar-refractivity contribution in [2.45, 2.75) is 17.1 Å². The molecule has 1 aromatic heterocycles. The number of hydrogen-bond acceptors (Lipinski definition) is 5. The number of carbonyl (C=O) groups excluding carboxylic acids is 1. The Morgan fingerprint density at radius 2 is 2.00 bits per heavy atom. The highest BCUT2D eigenvalue weighted by Gasteiger charge is 2.28. The summed E-state index contributed by atoms with van der Waals surface area (Å²) in [6, 6.07) is 16.6. The number of hydrogen-bond donors (Lipinski definition) is 1. The largest absolute Gasteiger partial charge is 0.321 e. The maximum Gasteiger partial charge on any atom is 0.255 e. The van der Waals surface area contributed by atoms with Crippen molar-refractivity contribution >= 4 is 50.4 Å². The number of thiophene rings is 1. The lowest BCUT2D eigenvalue weighted by molar-refractivity contribution is 0.102. The molecular weight excluding hydrogens is 424 g/mol. The van der Waals surface area contributed by atoms with Gasteiger partial charge in [-0.3, -0.25) is 9.10 Å². The van der Waals surface area contributed by atoms with E-state index in [0.29, 0.717) is 24.2 Å². The van der Waals surface area contributed by atoms with Crippen LogP contribution in [0.15, 0.2) is 70.3 Å². The summed E-state index contributed by atoms with van der Waals surface area (Å²) in [4.78, 5) is 13.8. The molecule has 0 radical (unpaired) electrons. The van der Waals surface area contributed by atoms with Gasteiger partial charge in [0.25, 0.3) is 5.91 Å². The maximum atomic E-state index is 12.8. The van der Waals surface area contributed by atoms with Crippen molar-refractivity contribution in [3.05, 3.63) is 76.5 Å². The average Bonchev–Trinajstić information content (AvgIpc) is 3.36. The lowest BCUT2D eigenvalue weighted by Crippen LogP contribution is -2.25. The highest BCUT2D eigenvalue weighted by molar-refractivity contribution is 7.98. The van der Waals surface area contributed by atoms with Gasteiger partial charge in [0.2, 0.25) is 10.0 Å². The quantitative estimate of drug-likeness (QED) is 0.553. The summed E-state index contributed by atoms with van der Waals surface area (Å²) in [7, 11) is -3.28. The molecule has 8 heteroatoms. The molecule has 29 heavy (non-hydrogen) atoms. The van der Waals surface area contributed by atoms with Gasteiger partial charge >= 0.3 is 0 Å². The molecule has 5 nitrogen and oxygen atoms in total. The Hall–Kier alpha value is -2.29. The SMILES string of the molecule is O=C(Nc1ccccc1SCc1ccsc1)c1cccc(N2CCCS2(=O)=O)c1. The number of amides is 1. The first-order valence-electron chi connectivity index (χ1n) is 9.18. The number of nitrogens with zero attached hydrogens (tertiary/aromatic N) is 1. The molecule has 3 aromatic rings. The second-order valence-electron chi connectivity index (χ2n) is 6.66. The van der Waals surface area contributed by atoms with Crippen LogP contribution in [0.25, 0.3) is 0 Å². The first kappa shape index (κ1) is 20.0. The number of carbonyl (C=O) groups is 1. The molecule has 1 aliphatic heterocycles. The zero-order chi connectivity index (χ0) is 20.3. The molecule has 1 saturated heterocycles. The summed E-state index contributed by atoms with van der Waals surface area (Å²) in [5.41, 5.74) is 2.97. The Labute approximate surface area is 178 Å². The minimum Gasteiger partial charge on any atom is -0.321 e. The molecule has 1 amide bonds. The second-order valence-corrected chi connectivity index (χ2v) is 10.5. The summed E-state index contributed by atoms with van der Waals surface area (Å²) in [6.07, 6.45) is 0.605. The summed E-state index contributed by atoms with van der Waals surface area (Å²) >= 11 is 3.34. The number of sulfonamides is 1. The van der Waals surface area contributed by atoms with Crippen molar-refractivity contribution in [1.29, 1.82) is 0 Å². The van der Waals surface area contributed by atoms with Gasteiger partial charge in [-0.15, -0.1) is 11.8 Å². The van der Waals surface area contributed by atoms with E-state index >= 15 is 0 Å². The van der Waals surface area contributed by atoms with E-state index in [1.54, 1.807) is 47.4 Å². The van der Waals surface area contributed by atoms with E-state index in [1.807, 2.05) is 24.3 Å². The third kappa shape index (κ3) is 4.66. The molecule has 2 aromatic carbocycles. The zero-order valence-electron chi connectivity index (χ0n) is 15.6. The fourth-order valence-corrected chi connectivity index (χ4v) is 6.44. The third-order valence-electron chi connectivity index (χ3n) is 4.61. The normalized spacial score (nSPS) is 15.4. The van der Waals surface area contributed by atoms with Crippen molar-refractivity contribution in [3.63, 3.8) is 0 Å². The number of thioether (sulfide) groups is 1. The van der Waals surface area contributed by atoms with E-state index in [4.69, 9.17) is 0 Å². The molecule has 150 valence electrons. The van der Waals surface area contributed by atoms with Gasteiger partial charge in [0.05, 0.1) is 17.1 Å². The average molecular weight is 445 g/mol. The predicted molar refractivity (Wildman–Crippen MR) is 120 cm³/mol. The van der Waals surface area contributed by atoms with Crippen LogP contribution in [0.2, 0.25) is 0 Å². The molecule has 0 bridgehead atoms. The topological polar surface area (TPSA) is 66.5 Å². The minimum atomic E-state index is -3.28. The molecule has 2 heterocycles. The first-order chi connectivity index (χ1) is 14.0. The summed E-state index contributed by atoms with van der Waals surface area (Å²) < 4.78 is 25.7. The van der Waals surface area contributed by atoms with Gasteiger partial charge in [0.1, 0.15) is 0 Å². The van der Waals surface area contributed by atoms with Gasteiger partial charge in [0, 0.05) is 22.8 Å². The molecule has 0 saturated carbocycles. The van der Waals surface area contributed by atoms with Crippen molar-refractivity contribution < 1.29 is 13.2 Å². The van der Waals surface area contributed by atoms with Gasteiger partial charge in [0.15, 0.2) is 0 Å². The van der Waals surface area contributed by atoms with Crippen LogP contribution in [-0.2, 0) is 15.8 Å². The number of anilines is 2. The Morgan fingerprint density at radius 3 is 2.76 bits per heavy atom. The minimum absolute atomic E-state index is 0.151. The number of rotatable bonds is 6. The maximum absolute atomic E-state index is 12.8. The van der Waals surface area contributed by atoms with Crippen LogP contribution in [0.1, 0.15) is 22.3 Å². The Bertz CT molecular complexity index is 1110. The molecule has 0 unspecified atom stereocenters. The lowest BCUT2D eigenvalue weighted by atomic mass is 10.1. The Kier molecular flexibility index (Phi) is 5.94. The fourth-order valence-electron chi connectivity index (χ4n) is 3.16. The van der Waals surface area contributed by atoms with E-state index in [9.17, 15) is 13.2 Å². The number of nitrogens with one attached hydrogen (secondary N) is 1. The summed E-state index contributed by atoms with van der Waals surface area (Å²) in [6.45, 7) is 0.454. The van der Waals surface area contributed by atoms with Crippen LogP contribution in [0, 0.1) is 0 Å². The highest BCUT2D eigenvalue weighted by Crippen LogP contribution is 2.31. The molecule has 0 aliphatic carbocycles. The van der Waals surface area contributed by atoms with Crippen molar-refractivity contribution in [1.82, 2.24) is 0 Å². The van der Waals surface area contributed by atoms with Crippen molar-refractivity contribution in [2.24, 2.45) is 0 Å². The Morgan fingerprint density at radius 1 is 1.14 bits per heavy atom. The molecule has 1 fully saturated rings. The van der Waals surface area contributed by atoms with Gasteiger partial charge in [-0.1, -0.05) is 18.2 Å². The molecular formula is C21H20N2O3S3. The first-order valence-corrected chi connectivity index (χ1v) is 12.7. The van der Waals surface area contributed by atoms with Gasteiger partial charge < -0.3 is 5.32 Å². The predicted octanol–water partition coefficient (Wildman–Crippen LogP) is 4.83. The standard InChI is InChI=1S/C21H20N2O3S3/c24-21(17-5-3-6-18(13-17)23-10-4-12-29(23,25)26)22-19-7-1-2-8-20(19)28-15-16-9-11-27-14-16/h1-3,5-9,11,13-14H,4,10,12,15H2,(H,22,24). The second kappa shape index (κ2) is 8.61. The molecule has 1 aliphatic rings. The van der Waals surface area contributed by atoms with Gasteiger partial charge in [-0.25, -0.2) is 8.42 Å². The zero-order valence-corrected chi connectivity index (χ0v) is 18.0. The van der Waals surface area contributed by atoms with Crippen LogP contribution in [-0.4, -0.2) is 26.6 Å². The van der Waals surface area contributed by atoms with Crippen LogP contribution in [0.4, 0.5) is 11.4 Å². The molecule has 1 N–H and O–H groups in total. The van der Waals surface area contributed by atoms with Gasteiger partial charge in [-0.05, 0) is 59.1 Å². The molecule has 0 spiro atoms. The lowest BCUT2D eigenvalue weighted by Gasteiger charge is -2.17. The van der Waals surface area contributed by atoms with Crippen molar-refractivity contribution in [3.8, 4) is 0 Å². The third-order valence-corrected chi connectivity index (χ3v) is 8.35. The van der Waals surface area contributed by atoms with E-state index in [1.165, 1.54) is 9.87 Å². The fraction of sp³-hybridized carbons (Fsp3) is 0.190. The van der Waals surface area contributed by atoms with E-state index < -0.39 is 10.0 Å². The van der Waals surface area contributed by atoms with Crippen molar-refractivity contribution in [2.75, 3.05) is 21.9 Å². The highest BCUT2D eigenvalue weighted by atomic mass is 32.2. The van der Waals surface area contributed by atoms with Crippen LogP contribution in [0.5, 0.6) is 0 Å². The summed E-state index contributed by atoms with van der Waals surface area (Å²) in [5, 5.41) is 7.14. The smallest absolute Gasteiger partial charge is 0.255 e. The van der Waals surface area contributed by atoms with Crippen LogP contribution >= 0.6 is 23.1 Å². The molecule has 0 atom stereocenters. The Balaban J connectivity index is 1.51. The summed E-state index contributed by atoms with van der Waals surface area (Å²) in [5.74, 6) is 0.726. The van der Waals surface area contributed by atoms with E-state index in [0.717, 1.165) is 16.3 Å².